The highest BCUT2D eigenvalue weighted by Gasteiger charge is 2.07. The normalized spacial score (nSPS) is 10.2. The summed E-state index contributed by atoms with van der Waals surface area (Å²) in [6.45, 7) is 6.63. The molecule has 0 saturated heterocycles. The number of nitrogens with one attached hydrogen (secondary N) is 1. The van der Waals surface area contributed by atoms with Crippen LogP contribution in [0.1, 0.15) is 23.6 Å². The first-order valence-corrected chi connectivity index (χ1v) is 7.17. The number of aryl methyl sites for hydroxylation is 2. The molecular weight excluding hydrogens is 262 g/mol. The largest absolute Gasteiger partial charge is 0.494 e. The van der Waals surface area contributed by atoms with Crippen LogP contribution in [-0.4, -0.2) is 12.5 Å². The number of ether oxygens (including phenoxy) is 1. The smallest absolute Gasteiger partial charge is 0.228 e. The Morgan fingerprint density at radius 3 is 2.67 bits per heavy atom. The fraction of sp³-hybridized carbons (Fsp3) is 0.278. The molecular formula is C18H21NO2. The van der Waals surface area contributed by atoms with Gasteiger partial charge in [0, 0.05) is 11.8 Å². The molecule has 0 unspecified atom stereocenters. The van der Waals surface area contributed by atoms with E-state index >= 15 is 0 Å². The minimum Gasteiger partial charge on any atom is -0.494 e. The molecule has 21 heavy (non-hydrogen) atoms. The number of anilines is 1. The van der Waals surface area contributed by atoms with Crippen LogP contribution in [0.4, 0.5) is 5.69 Å². The van der Waals surface area contributed by atoms with E-state index in [1.165, 1.54) is 5.56 Å². The van der Waals surface area contributed by atoms with E-state index in [0.29, 0.717) is 13.0 Å². The first-order valence-electron chi connectivity index (χ1n) is 7.17. The van der Waals surface area contributed by atoms with Crippen molar-refractivity contribution >= 4 is 11.6 Å². The van der Waals surface area contributed by atoms with E-state index in [1.807, 2.05) is 50.2 Å². The SMILES string of the molecule is CCOc1cccc(NC(=O)Cc2ccc(C)cc2C)c1. The van der Waals surface area contributed by atoms with Gasteiger partial charge < -0.3 is 10.1 Å². The fourth-order valence-electron chi connectivity index (χ4n) is 2.25. The molecule has 0 bridgehead atoms. The maximum Gasteiger partial charge on any atom is 0.228 e. The van der Waals surface area contributed by atoms with Gasteiger partial charge in [0.1, 0.15) is 5.75 Å². The van der Waals surface area contributed by atoms with Crippen molar-refractivity contribution in [1.82, 2.24) is 0 Å². The third kappa shape index (κ3) is 4.35. The Morgan fingerprint density at radius 1 is 1.14 bits per heavy atom. The summed E-state index contributed by atoms with van der Waals surface area (Å²) in [5, 5.41) is 2.91. The summed E-state index contributed by atoms with van der Waals surface area (Å²) in [5.74, 6) is 0.748. The summed E-state index contributed by atoms with van der Waals surface area (Å²) < 4.78 is 5.43. The van der Waals surface area contributed by atoms with Gasteiger partial charge >= 0.3 is 0 Å². The van der Waals surface area contributed by atoms with Crippen LogP contribution in [0.15, 0.2) is 42.5 Å². The zero-order valence-electron chi connectivity index (χ0n) is 12.8. The minimum absolute atomic E-state index is 0.0180. The van der Waals surface area contributed by atoms with Crippen molar-refractivity contribution in [2.45, 2.75) is 27.2 Å². The van der Waals surface area contributed by atoms with E-state index < -0.39 is 0 Å². The van der Waals surface area contributed by atoms with Crippen molar-refractivity contribution in [1.29, 1.82) is 0 Å². The van der Waals surface area contributed by atoms with Crippen LogP contribution in [0.3, 0.4) is 0 Å². The van der Waals surface area contributed by atoms with Crippen LogP contribution in [0.2, 0.25) is 0 Å². The predicted molar refractivity (Wildman–Crippen MR) is 85.9 cm³/mol. The Bertz CT molecular complexity index is 635. The number of benzene rings is 2. The van der Waals surface area contributed by atoms with Gasteiger partial charge in [-0.25, -0.2) is 0 Å². The number of rotatable bonds is 5. The Balaban J connectivity index is 2.02. The zero-order valence-corrected chi connectivity index (χ0v) is 12.8. The summed E-state index contributed by atoms with van der Waals surface area (Å²) >= 11 is 0. The van der Waals surface area contributed by atoms with Crippen molar-refractivity contribution in [2.75, 3.05) is 11.9 Å². The molecule has 2 aromatic carbocycles. The average Bonchev–Trinajstić information content (AvgIpc) is 2.43. The van der Waals surface area contributed by atoms with Gasteiger partial charge in [0.15, 0.2) is 0 Å². The molecule has 0 atom stereocenters. The number of carbonyl (C=O) groups excluding carboxylic acids is 1. The molecule has 0 aliphatic carbocycles. The van der Waals surface area contributed by atoms with E-state index in [0.717, 1.165) is 22.6 Å². The number of amides is 1. The first kappa shape index (κ1) is 15.1. The second kappa shape index (κ2) is 6.93. The lowest BCUT2D eigenvalue weighted by atomic mass is 10.0. The number of hydrogen-bond acceptors (Lipinski definition) is 2. The summed E-state index contributed by atoms with van der Waals surface area (Å²) in [6.07, 6.45) is 0.380. The Hall–Kier alpha value is -2.29. The topological polar surface area (TPSA) is 38.3 Å². The first-order chi connectivity index (χ1) is 10.1. The van der Waals surface area contributed by atoms with E-state index in [9.17, 15) is 4.79 Å². The Morgan fingerprint density at radius 2 is 1.95 bits per heavy atom. The van der Waals surface area contributed by atoms with Crippen molar-refractivity contribution in [3.05, 3.63) is 59.2 Å². The summed E-state index contributed by atoms with van der Waals surface area (Å²) in [4.78, 5) is 12.1. The van der Waals surface area contributed by atoms with E-state index in [-0.39, 0.29) is 5.91 Å². The maximum atomic E-state index is 12.1. The standard InChI is InChI=1S/C18H21NO2/c1-4-21-17-7-5-6-16(12-17)19-18(20)11-15-9-8-13(2)10-14(15)3/h5-10,12H,4,11H2,1-3H3,(H,19,20). The molecule has 2 rings (SSSR count). The van der Waals surface area contributed by atoms with Crippen LogP contribution < -0.4 is 10.1 Å². The minimum atomic E-state index is -0.0180. The lowest BCUT2D eigenvalue weighted by molar-refractivity contribution is -0.115. The molecule has 0 fully saturated rings. The van der Waals surface area contributed by atoms with Crippen molar-refractivity contribution in [3.63, 3.8) is 0 Å². The van der Waals surface area contributed by atoms with Gasteiger partial charge in [0.2, 0.25) is 5.91 Å². The molecule has 0 aliphatic rings. The maximum absolute atomic E-state index is 12.1. The molecule has 0 aliphatic heterocycles. The van der Waals surface area contributed by atoms with Crippen LogP contribution >= 0.6 is 0 Å². The van der Waals surface area contributed by atoms with Gasteiger partial charge in [0.25, 0.3) is 0 Å². The van der Waals surface area contributed by atoms with Gasteiger partial charge in [-0.2, -0.15) is 0 Å². The average molecular weight is 283 g/mol. The summed E-state index contributed by atoms with van der Waals surface area (Å²) in [7, 11) is 0. The lowest BCUT2D eigenvalue weighted by Gasteiger charge is -2.09. The number of hydrogen-bond donors (Lipinski definition) is 1. The quantitative estimate of drug-likeness (QED) is 0.904. The van der Waals surface area contributed by atoms with Crippen LogP contribution in [0.5, 0.6) is 5.75 Å². The second-order valence-electron chi connectivity index (χ2n) is 5.12. The highest BCUT2D eigenvalue weighted by molar-refractivity contribution is 5.92. The summed E-state index contributed by atoms with van der Waals surface area (Å²) in [6, 6.07) is 13.6. The molecule has 1 N–H and O–H groups in total. The van der Waals surface area contributed by atoms with Crippen molar-refractivity contribution in [3.8, 4) is 5.75 Å². The van der Waals surface area contributed by atoms with Crippen LogP contribution in [0.25, 0.3) is 0 Å². The monoisotopic (exact) mass is 283 g/mol. The van der Waals surface area contributed by atoms with E-state index in [1.54, 1.807) is 0 Å². The zero-order chi connectivity index (χ0) is 15.2. The Labute approximate surface area is 126 Å². The van der Waals surface area contributed by atoms with E-state index in [4.69, 9.17) is 4.74 Å². The highest BCUT2D eigenvalue weighted by atomic mass is 16.5. The van der Waals surface area contributed by atoms with Gasteiger partial charge in [-0.05, 0) is 44.0 Å². The van der Waals surface area contributed by atoms with Crippen LogP contribution in [0, 0.1) is 13.8 Å². The van der Waals surface area contributed by atoms with Crippen molar-refractivity contribution in [2.24, 2.45) is 0 Å². The molecule has 0 saturated carbocycles. The second-order valence-corrected chi connectivity index (χ2v) is 5.12. The predicted octanol–water partition coefficient (Wildman–Crippen LogP) is 3.88. The highest BCUT2D eigenvalue weighted by Crippen LogP contribution is 2.18. The van der Waals surface area contributed by atoms with Crippen LogP contribution in [-0.2, 0) is 11.2 Å². The van der Waals surface area contributed by atoms with Gasteiger partial charge in [-0.1, -0.05) is 29.8 Å². The molecule has 110 valence electrons. The third-order valence-electron chi connectivity index (χ3n) is 3.28. The molecule has 1 amide bonds. The third-order valence-corrected chi connectivity index (χ3v) is 3.28. The van der Waals surface area contributed by atoms with E-state index in [2.05, 4.69) is 18.3 Å². The Kier molecular flexibility index (Phi) is 4.99. The molecule has 0 spiro atoms. The van der Waals surface area contributed by atoms with Gasteiger partial charge in [0.05, 0.1) is 13.0 Å². The van der Waals surface area contributed by atoms with Gasteiger partial charge in [-0.3, -0.25) is 4.79 Å². The lowest BCUT2D eigenvalue weighted by Crippen LogP contribution is -2.15. The molecule has 3 heteroatoms. The summed E-state index contributed by atoms with van der Waals surface area (Å²) in [5.41, 5.74) is 4.17. The fourth-order valence-corrected chi connectivity index (χ4v) is 2.25. The van der Waals surface area contributed by atoms with Gasteiger partial charge in [-0.15, -0.1) is 0 Å². The van der Waals surface area contributed by atoms with Crippen molar-refractivity contribution < 1.29 is 9.53 Å². The molecule has 0 radical (unpaired) electrons. The molecule has 3 nitrogen and oxygen atoms in total. The molecule has 0 aromatic heterocycles. The molecule has 2 aromatic rings. The molecule has 0 heterocycles. The number of carbonyl (C=O) groups is 1.